The van der Waals surface area contributed by atoms with Crippen LogP contribution >= 0.6 is 0 Å². The maximum absolute atomic E-state index is 11.1. The Labute approximate surface area is 138 Å². The first-order valence-corrected chi connectivity index (χ1v) is 6.99. The van der Waals surface area contributed by atoms with Gasteiger partial charge in [0.1, 0.15) is 23.8 Å². The second-order valence-corrected chi connectivity index (χ2v) is 4.70. The van der Waals surface area contributed by atoms with Crippen LogP contribution in [0.2, 0.25) is 0 Å². The van der Waals surface area contributed by atoms with Gasteiger partial charge in [-0.3, -0.25) is 0 Å². The highest BCUT2D eigenvalue weighted by Crippen LogP contribution is 2.28. The number of carboxylic acid groups (broad SMARTS) is 1. The molecule has 7 nitrogen and oxygen atoms in total. The van der Waals surface area contributed by atoms with E-state index in [1.807, 2.05) is 30.3 Å². The van der Waals surface area contributed by atoms with E-state index in [0.29, 0.717) is 23.7 Å². The largest absolute Gasteiger partial charge is 0.497 e. The molecule has 2 aromatic rings. The summed E-state index contributed by atoms with van der Waals surface area (Å²) in [5.74, 6) is -0.335. The predicted molar refractivity (Wildman–Crippen MR) is 88.5 cm³/mol. The highest BCUT2D eigenvalue weighted by atomic mass is 16.5. The maximum atomic E-state index is 11.1. The molecular weight excluding hydrogens is 310 g/mol. The molecule has 0 saturated heterocycles. The quantitative estimate of drug-likeness (QED) is 0.359. The van der Waals surface area contributed by atoms with Crippen LogP contribution in [0.15, 0.2) is 59.3 Å². The zero-order chi connectivity index (χ0) is 17.4. The molecule has 24 heavy (non-hydrogen) atoms. The standard InChI is InChI=1S/C17H15N3O4/c1-23-14-8-7-13(9-15(17(21)22)19-20-18)16(10-14)24-11-12-5-3-2-4-6-12/h2-10H,11H2,1H3,(H,21,22). The lowest BCUT2D eigenvalue weighted by Gasteiger charge is -2.11. The number of hydrogen-bond donors (Lipinski definition) is 1. The van der Waals surface area contributed by atoms with Crippen molar-refractivity contribution in [2.75, 3.05) is 7.11 Å². The van der Waals surface area contributed by atoms with Crippen molar-refractivity contribution in [2.45, 2.75) is 6.61 Å². The first-order chi connectivity index (χ1) is 11.6. The zero-order valence-electron chi connectivity index (χ0n) is 12.9. The maximum Gasteiger partial charge on any atom is 0.338 e. The van der Waals surface area contributed by atoms with Gasteiger partial charge in [-0.15, -0.1) is 0 Å². The second kappa shape index (κ2) is 8.26. The number of benzene rings is 2. The van der Waals surface area contributed by atoms with E-state index in [-0.39, 0.29) is 0 Å². The van der Waals surface area contributed by atoms with E-state index in [0.717, 1.165) is 5.56 Å². The average Bonchev–Trinajstić information content (AvgIpc) is 2.61. The average molecular weight is 325 g/mol. The molecule has 2 rings (SSSR count). The molecule has 0 heterocycles. The van der Waals surface area contributed by atoms with Crippen molar-refractivity contribution < 1.29 is 19.4 Å². The Hall–Kier alpha value is -3.44. The third-order valence-electron chi connectivity index (χ3n) is 3.12. The number of aliphatic carboxylic acids is 1. The Bertz CT molecular complexity index is 793. The van der Waals surface area contributed by atoms with Gasteiger partial charge in [-0.05, 0) is 29.3 Å². The SMILES string of the molecule is COc1ccc(C=C(N=[N+]=[N-])C(=O)O)c(OCc2ccccc2)c1. The molecule has 122 valence electrons. The lowest BCUT2D eigenvalue weighted by Crippen LogP contribution is -2.00. The van der Waals surface area contributed by atoms with E-state index >= 15 is 0 Å². The lowest BCUT2D eigenvalue weighted by atomic mass is 10.1. The minimum atomic E-state index is -1.32. The van der Waals surface area contributed by atoms with Crippen LogP contribution in [-0.4, -0.2) is 18.2 Å². The van der Waals surface area contributed by atoms with Crippen LogP contribution in [0.1, 0.15) is 11.1 Å². The molecule has 7 heteroatoms. The molecule has 0 aliphatic heterocycles. The molecule has 0 saturated carbocycles. The van der Waals surface area contributed by atoms with E-state index in [9.17, 15) is 4.79 Å². The summed E-state index contributed by atoms with van der Waals surface area (Å²) < 4.78 is 10.9. The molecule has 0 radical (unpaired) electrons. The van der Waals surface area contributed by atoms with E-state index in [2.05, 4.69) is 10.0 Å². The highest BCUT2D eigenvalue weighted by Gasteiger charge is 2.09. The molecule has 0 aliphatic carbocycles. The number of carboxylic acids is 1. The monoisotopic (exact) mass is 325 g/mol. The summed E-state index contributed by atoms with van der Waals surface area (Å²) in [4.78, 5) is 13.6. The minimum Gasteiger partial charge on any atom is -0.497 e. The lowest BCUT2D eigenvalue weighted by molar-refractivity contribution is -0.132. The smallest absolute Gasteiger partial charge is 0.338 e. The Morgan fingerprint density at radius 2 is 2.04 bits per heavy atom. The molecule has 0 bridgehead atoms. The molecule has 1 N–H and O–H groups in total. The van der Waals surface area contributed by atoms with Gasteiger partial charge in [0.25, 0.3) is 0 Å². The second-order valence-electron chi connectivity index (χ2n) is 4.70. The molecule has 0 spiro atoms. The van der Waals surface area contributed by atoms with Gasteiger partial charge >= 0.3 is 5.97 Å². The van der Waals surface area contributed by atoms with Crippen LogP contribution in [0.4, 0.5) is 0 Å². The van der Waals surface area contributed by atoms with Gasteiger partial charge in [0, 0.05) is 16.5 Å². The fourth-order valence-electron chi connectivity index (χ4n) is 1.95. The van der Waals surface area contributed by atoms with Gasteiger partial charge in [-0.1, -0.05) is 35.4 Å². The summed E-state index contributed by atoms with van der Waals surface area (Å²) in [5.41, 5.74) is 9.48. The Morgan fingerprint density at radius 3 is 2.67 bits per heavy atom. The molecule has 0 unspecified atom stereocenters. The minimum absolute atomic E-state index is 0.304. The van der Waals surface area contributed by atoms with Crippen LogP contribution in [0, 0.1) is 0 Å². The number of nitrogens with zero attached hydrogens (tertiary/aromatic N) is 3. The van der Waals surface area contributed by atoms with Crippen molar-refractivity contribution in [1.29, 1.82) is 0 Å². The summed E-state index contributed by atoms with van der Waals surface area (Å²) in [6, 6.07) is 14.5. The first-order valence-electron chi connectivity index (χ1n) is 6.99. The van der Waals surface area contributed by atoms with Crippen LogP contribution in [0.25, 0.3) is 16.5 Å². The Morgan fingerprint density at radius 1 is 1.29 bits per heavy atom. The molecule has 0 aliphatic rings. The molecule has 0 atom stereocenters. The number of hydrogen-bond acceptors (Lipinski definition) is 4. The fraction of sp³-hybridized carbons (Fsp3) is 0.118. The van der Waals surface area contributed by atoms with E-state index in [4.69, 9.17) is 20.1 Å². The van der Waals surface area contributed by atoms with Crippen LogP contribution < -0.4 is 9.47 Å². The van der Waals surface area contributed by atoms with Crippen molar-refractivity contribution in [3.05, 3.63) is 75.8 Å². The van der Waals surface area contributed by atoms with Crippen molar-refractivity contribution in [3.8, 4) is 11.5 Å². The third-order valence-corrected chi connectivity index (χ3v) is 3.12. The summed E-state index contributed by atoms with van der Waals surface area (Å²) in [5, 5.41) is 12.2. The van der Waals surface area contributed by atoms with Gasteiger partial charge in [-0.25, -0.2) is 4.79 Å². The topological polar surface area (TPSA) is 105 Å². The molecule has 0 amide bonds. The molecular formula is C17H15N3O4. The van der Waals surface area contributed by atoms with Crippen LogP contribution in [0.5, 0.6) is 11.5 Å². The van der Waals surface area contributed by atoms with Gasteiger partial charge in [0.05, 0.1) is 7.11 Å². The number of ether oxygens (including phenoxy) is 2. The van der Waals surface area contributed by atoms with Crippen molar-refractivity contribution >= 4 is 12.0 Å². The van der Waals surface area contributed by atoms with Crippen molar-refractivity contribution in [3.63, 3.8) is 0 Å². The molecule has 2 aromatic carbocycles. The fourth-order valence-corrected chi connectivity index (χ4v) is 1.95. The highest BCUT2D eigenvalue weighted by molar-refractivity contribution is 5.92. The molecule has 0 fully saturated rings. The third kappa shape index (κ3) is 4.53. The zero-order valence-corrected chi connectivity index (χ0v) is 12.9. The number of azide groups is 1. The predicted octanol–water partition coefficient (Wildman–Crippen LogP) is 4.01. The first kappa shape index (κ1) is 16.9. The van der Waals surface area contributed by atoms with E-state index < -0.39 is 11.7 Å². The summed E-state index contributed by atoms with van der Waals surface area (Å²) >= 11 is 0. The van der Waals surface area contributed by atoms with Crippen LogP contribution in [0.3, 0.4) is 0 Å². The van der Waals surface area contributed by atoms with E-state index in [1.54, 1.807) is 18.2 Å². The van der Waals surface area contributed by atoms with Gasteiger partial charge in [0.2, 0.25) is 0 Å². The summed E-state index contributed by atoms with van der Waals surface area (Å²) in [6.07, 6.45) is 1.25. The van der Waals surface area contributed by atoms with Crippen molar-refractivity contribution in [2.24, 2.45) is 5.11 Å². The number of carbonyl (C=O) groups is 1. The number of methoxy groups -OCH3 is 1. The van der Waals surface area contributed by atoms with Crippen LogP contribution in [-0.2, 0) is 11.4 Å². The van der Waals surface area contributed by atoms with Crippen molar-refractivity contribution in [1.82, 2.24) is 0 Å². The number of rotatable bonds is 7. The van der Waals surface area contributed by atoms with Gasteiger partial charge in [-0.2, -0.15) is 0 Å². The molecule has 0 aromatic heterocycles. The van der Waals surface area contributed by atoms with Gasteiger partial charge < -0.3 is 14.6 Å². The summed E-state index contributed by atoms with van der Waals surface area (Å²) in [7, 11) is 1.52. The summed E-state index contributed by atoms with van der Waals surface area (Å²) in [6.45, 7) is 0.304. The normalized spacial score (nSPS) is 10.6. The Kier molecular flexibility index (Phi) is 5.82. The van der Waals surface area contributed by atoms with E-state index in [1.165, 1.54) is 13.2 Å². The van der Waals surface area contributed by atoms with Gasteiger partial charge in [0.15, 0.2) is 0 Å². The Balaban J connectivity index is 2.35.